The number of carbonyl (C=O) groups excluding carboxylic acids is 1. The van der Waals surface area contributed by atoms with Gasteiger partial charge in [0.2, 0.25) is 11.7 Å². The van der Waals surface area contributed by atoms with Crippen LogP contribution in [0.4, 0.5) is 5.95 Å². The lowest BCUT2D eigenvalue weighted by Crippen LogP contribution is -2.13. The van der Waals surface area contributed by atoms with Gasteiger partial charge in [-0.3, -0.25) is 15.2 Å². The number of thiophene rings is 1. The summed E-state index contributed by atoms with van der Waals surface area (Å²) in [6, 6.07) is 6.92. The number of hydrogen-bond donors (Lipinski definition) is 2. The van der Waals surface area contributed by atoms with E-state index in [-0.39, 0.29) is 11.6 Å². The second-order valence-corrected chi connectivity index (χ2v) is 5.86. The molecule has 0 spiro atoms. The van der Waals surface area contributed by atoms with Crippen LogP contribution in [-0.4, -0.2) is 26.2 Å². The predicted molar refractivity (Wildman–Crippen MR) is 86.6 cm³/mol. The number of anilines is 1. The normalized spacial score (nSPS) is 10.9. The topological polar surface area (TPSA) is 110 Å². The van der Waals surface area contributed by atoms with Gasteiger partial charge in [-0.1, -0.05) is 5.16 Å². The Labute approximate surface area is 139 Å². The maximum absolute atomic E-state index is 12.2. The lowest BCUT2D eigenvalue weighted by Gasteiger charge is -1.95. The van der Waals surface area contributed by atoms with Crippen molar-refractivity contribution in [3.8, 4) is 22.2 Å². The quantitative estimate of drug-likeness (QED) is 0.589. The molecule has 0 aliphatic rings. The molecule has 4 aromatic rings. The summed E-state index contributed by atoms with van der Waals surface area (Å²) in [4.78, 5) is 17.5. The van der Waals surface area contributed by atoms with Crippen LogP contribution in [0.3, 0.4) is 0 Å². The monoisotopic (exact) mass is 341 g/mol. The van der Waals surface area contributed by atoms with E-state index < -0.39 is 5.91 Å². The molecule has 0 atom stereocenters. The average molecular weight is 341 g/mol. The van der Waals surface area contributed by atoms with Gasteiger partial charge in [-0.25, -0.2) is 0 Å². The van der Waals surface area contributed by atoms with Crippen LogP contribution in [-0.2, 0) is 0 Å². The summed E-state index contributed by atoms with van der Waals surface area (Å²) >= 11 is 1.55. The van der Waals surface area contributed by atoms with Gasteiger partial charge in [0.25, 0.3) is 5.91 Å². The molecule has 24 heavy (non-hydrogen) atoms. The molecule has 0 saturated carbocycles. The summed E-state index contributed by atoms with van der Waals surface area (Å²) in [6.07, 6.45) is 1.51. The zero-order valence-electron chi connectivity index (χ0n) is 12.4. The highest BCUT2D eigenvalue weighted by Crippen LogP contribution is 2.26. The number of aromatic amines is 1. The Hall–Kier alpha value is -3.20. The van der Waals surface area contributed by atoms with Gasteiger partial charge in [0, 0.05) is 6.07 Å². The Morgan fingerprint density at radius 1 is 1.33 bits per heavy atom. The van der Waals surface area contributed by atoms with Gasteiger partial charge in [0.15, 0.2) is 17.3 Å². The molecule has 9 heteroatoms. The third-order valence-electron chi connectivity index (χ3n) is 3.29. The van der Waals surface area contributed by atoms with Crippen LogP contribution in [0.1, 0.15) is 16.1 Å². The van der Waals surface area contributed by atoms with Crippen LogP contribution < -0.4 is 5.32 Å². The lowest BCUT2D eigenvalue weighted by atomic mass is 10.3. The van der Waals surface area contributed by atoms with Crippen molar-refractivity contribution < 1.29 is 13.7 Å². The molecule has 2 N–H and O–H groups in total. The molecule has 4 aromatic heterocycles. The molecule has 0 aliphatic heterocycles. The Balaban J connectivity index is 1.51. The predicted octanol–water partition coefficient (Wildman–Crippen LogP) is 3.34. The van der Waals surface area contributed by atoms with Crippen molar-refractivity contribution in [2.24, 2.45) is 0 Å². The van der Waals surface area contributed by atoms with Gasteiger partial charge >= 0.3 is 0 Å². The second kappa shape index (κ2) is 5.78. The van der Waals surface area contributed by atoms with E-state index in [4.69, 9.17) is 8.94 Å². The first kappa shape index (κ1) is 14.4. The first-order valence-corrected chi connectivity index (χ1v) is 7.87. The van der Waals surface area contributed by atoms with Crippen molar-refractivity contribution in [1.82, 2.24) is 20.3 Å². The molecule has 0 unspecified atom stereocenters. The molecule has 0 radical (unpaired) electrons. The molecular weight excluding hydrogens is 330 g/mol. The number of H-pyrrole nitrogens is 1. The number of aromatic nitrogens is 4. The number of nitrogens with one attached hydrogen (secondary N) is 2. The Kier molecular flexibility index (Phi) is 3.47. The Morgan fingerprint density at radius 2 is 2.25 bits per heavy atom. The third-order valence-corrected chi connectivity index (χ3v) is 4.32. The summed E-state index contributed by atoms with van der Waals surface area (Å²) in [6.45, 7) is 1.98. The maximum Gasteiger partial charge on any atom is 0.280 e. The molecule has 0 fully saturated rings. The smallest absolute Gasteiger partial charge is 0.280 e. The zero-order valence-corrected chi connectivity index (χ0v) is 13.3. The molecule has 120 valence electrons. The van der Waals surface area contributed by atoms with E-state index in [9.17, 15) is 4.79 Å². The van der Waals surface area contributed by atoms with E-state index in [0.717, 1.165) is 10.4 Å². The van der Waals surface area contributed by atoms with E-state index in [0.29, 0.717) is 17.3 Å². The fourth-order valence-electron chi connectivity index (χ4n) is 2.12. The minimum atomic E-state index is -0.468. The zero-order chi connectivity index (χ0) is 16.5. The van der Waals surface area contributed by atoms with Crippen molar-refractivity contribution in [3.05, 3.63) is 47.2 Å². The lowest BCUT2D eigenvalue weighted by molar-refractivity contribution is 0.101. The number of furan rings is 1. The summed E-state index contributed by atoms with van der Waals surface area (Å²) in [5.74, 6) is 1.18. The van der Waals surface area contributed by atoms with E-state index >= 15 is 0 Å². The molecule has 0 bridgehead atoms. The molecule has 0 aromatic carbocycles. The standard InChI is InChI=1S/C15H11N5O3S/c1-8-4-6-24-12(8)13-16-15(19-18-13)17-14(21)9-7-11(23-20-9)10-3-2-5-22-10/h2-7H,1H3,(H2,16,17,18,19,21). The molecule has 4 rings (SSSR count). The van der Waals surface area contributed by atoms with Crippen molar-refractivity contribution in [3.63, 3.8) is 0 Å². The van der Waals surface area contributed by atoms with Crippen LogP contribution in [0.5, 0.6) is 0 Å². The molecule has 0 aliphatic carbocycles. The first-order chi connectivity index (χ1) is 11.7. The highest BCUT2D eigenvalue weighted by Gasteiger charge is 2.17. The van der Waals surface area contributed by atoms with Crippen LogP contribution in [0.25, 0.3) is 22.2 Å². The van der Waals surface area contributed by atoms with E-state index in [1.807, 2.05) is 18.4 Å². The SMILES string of the molecule is Cc1ccsc1-c1nc(NC(=O)c2cc(-c3ccco3)on2)n[nH]1. The number of nitrogens with zero attached hydrogens (tertiary/aromatic N) is 3. The summed E-state index contributed by atoms with van der Waals surface area (Å²) < 4.78 is 10.3. The van der Waals surface area contributed by atoms with Crippen LogP contribution in [0.15, 0.2) is 44.8 Å². The van der Waals surface area contributed by atoms with Gasteiger partial charge in [0.05, 0.1) is 11.1 Å². The second-order valence-electron chi connectivity index (χ2n) is 4.95. The molecular formula is C15H11N5O3S. The van der Waals surface area contributed by atoms with Gasteiger partial charge in [-0.15, -0.1) is 16.4 Å². The average Bonchev–Trinajstić information content (AvgIpc) is 3.34. The number of carbonyl (C=O) groups is 1. The summed E-state index contributed by atoms with van der Waals surface area (Å²) in [7, 11) is 0. The Bertz CT molecular complexity index is 983. The van der Waals surface area contributed by atoms with Gasteiger partial charge in [-0.2, -0.15) is 4.98 Å². The van der Waals surface area contributed by atoms with Crippen molar-refractivity contribution in [2.45, 2.75) is 6.92 Å². The van der Waals surface area contributed by atoms with Crippen LogP contribution in [0.2, 0.25) is 0 Å². The maximum atomic E-state index is 12.2. The Morgan fingerprint density at radius 3 is 3.00 bits per heavy atom. The van der Waals surface area contributed by atoms with E-state index in [2.05, 4.69) is 25.7 Å². The summed E-state index contributed by atoms with van der Waals surface area (Å²) in [5.41, 5.74) is 1.20. The van der Waals surface area contributed by atoms with E-state index in [1.54, 1.807) is 23.5 Å². The number of rotatable bonds is 4. The largest absolute Gasteiger partial charge is 0.461 e. The van der Waals surface area contributed by atoms with Crippen molar-refractivity contribution >= 4 is 23.2 Å². The highest BCUT2D eigenvalue weighted by molar-refractivity contribution is 7.13. The van der Waals surface area contributed by atoms with Gasteiger partial charge in [0.1, 0.15) is 0 Å². The first-order valence-electron chi connectivity index (χ1n) is 6.99. The van der Waals surface area contributed by atoms with Gasteiger partial charge in [-0.05, 0) is 36.1 Å². The fraction of sp³-hybridized carbons (Fsp3) is 0.0667. The van der Waals surface area contributed by atoms with Crippen molar-refractivity contribution in [2.75, 3.05) is 5.32 Å². The highest BCUT2D eigenvalue weighted by atomic mass is 32.1. The molecule has 0 saturated heterocycles. The van der Waals surface area contributed by atoms with E-state index in [1.165, 1.54) is 12.3 Å². The van der Waals surface area contributed by atoms with Crippen molar-refractivity contribution in [1.29, 1.82) is 0 Å². The molecule has 1 amide bonds. The fourth-order valence-corrected chi connectivity index (χ4v) is 2.98. The molecule has 4 heterocycles. The summed E-state index contributed by atoms with van der Waals surface area (Å²) in [5, 5.41) is 15.1. The third kappa shape index (κ3) is 2.61. The van der Waals surface area contributed by atoms with Gasteiger partial charge < -0.3 is 8.94 Å². The number of amides is 1. The molecule has 8 nitrogen and oxygen atoms in total. The van der Waals surface area contributed by atoms with Crippen LogP contribution >= 0.6 is 11.3 Å². The van der Waals surface area contributed by atoms with Crippen LogP contribution in [0, 0.1) is 6.92 Å². The minimum Gasteiger partial charge on any atom is -0.461 e. The number of aryl methyl sites for hydroxylation is 1. The minimum absolute atomic E-state index is 0.111. The number of hydrogen-bond acceptors (Lipinski definition) is 7.